The van der Waals surface area contributed by atoms with E-state index < -0.39 is 28.7 Å². The second kappa shape index (κ2) is 13.1. The number of nitrogens with zero attached hydrogens (tertiary/aromatic N) is 2. The van der Waals surface area contributed by atoms with E-state index in [1.165, 1.54) is 44.6 Å². The van der Waals surface area contributed by atoms with E-state index in [0.29, 0.717) is 16.8 Å². The molecule has 0 aliphatic carbocycles. The number of primary amides is 1. The molecule has 2 heterocycles. The second-order valence-electron chi connectivity index (χ2n) is 8.36. The number of hydrogen-bond acceptors (Lipinski definition) is 6. The fraction of sp³-hybridized carbons (Fsp3) is 0.280. The molecule has 1 fully saturated rings. The van der Waals surface area contributed by atoms with Crippen LogP contribution in [0.2, 0.25) is 5.02 Å². The number of hydrogen-bond donors (Lipinski definition) is 5. The van der Waals surface area contributed by atoms with Crippen LogP contribution in [0.5, 0.6) is 0 Å². The molecule has 0 bridgehead atoms. The van der Waals surface area contributed by atoms with Gasteiger partial charge in [0, 0.05) is 17.8 Å². The lowest BCUT2D eigenvalue weighted by Crippen LogP contribution is -2.28. The van der Waals surface area contributed by atoms with Gasteiger partial charge >= 0.3 is 12.2 Å². The standard InChI is InChI=1S/C20H16ClF3N6O2.C5H11N/c21-14-5-4-12(7-13(14)20(22,23)24)29-19(32)28-8-10-2-1-3-11(6-10)15-9-27-17(25)16(30-15)18(26)31;1-2-4-6-5-3-1/h1-7,9H,8H2,(H2,25,27)(H2,26,31)(H2,28,29,32);6H,1-5H2. The van der Waals surface area contributed by atoms with Crippen LogP contribution in [-0.2, 0) is 12.7 Å². The Kier molecular flexibility index (Phi) is 9.85. The highest BCUT2D eigenvalue weighted by Gasteiger charge is 2.33. The van der Waals surface area contributed by atoms with Gasteiger partial charge in [-0.2, -0.15) is 13.2 Å². The zero-order chi connectivity index (χ0) is 27.7. The van der Waals surface area contributed by atoms with Crippen LogP contribution >= 0.6 is 11.6 Å². The Morgan fingerprint density at radius 3 is 2.42 bits per heavy atom. The highest BCUT2D eigenvalue weighted by Crippen LogP contribution is 2.36. The maximum absolute atomic E-state index is 12.9. The lowest BCUT2D eigenvalue weighted by Gasteiger charge is -2.12. The number of piperidine rings is 1. The van der Waals surface area contributed by atoms with Crippen molar-refractivity contribution in [3.8, 4) is 11.3 Å². The first-order chi connectivity index (χ1) is 18.0. The van der Waals surface area contributed by atoms with Gasteiger partial charge in [0.15, 0.2) is 11.5 Å². The molecule has 0 spiro atoms. The molecule has 4 rings (SSSR count). The third kappa shape index (κ3) is 8.32. The van der Waals surface area contributed by atoms with E-state index in [0.717, 1.165) is 12.1 Å². The highest BCUT2D eigenvalue weighted by atomic mass is 35.5. The van der Waals surface area contributed by atoms with Crippen molar-refractivity contribution < 1.29 is 22.8 Å². The number of benzene rings is 2. The Morgan fingerprint density at radius 1 is 1.08 bits per heavy atom. The number of amides is 3. The van der Waals surface area contributed by atoms with E-state index >= 15 is 0 Å². The van der Waals surface area contributed by atoms with E-state index in [4.69, 9.17) is 23.1 Å². The third-order valence-corrected chi connectivity index (χ3v) is 5.78. The van der Waals surface area contributed by atoms with Gasteiger partial charge in [-0.3, -0.25) is 4.79 Å². The average Bonchev–Trinajstić information content (AvgIpc) is 2.89. The van der Waals surface area contributed by atoms with Crippen LogP contribution in [-0.4, -0.2) is 35.0 Å². The van der Waals surface area contributed by atoms with Crippen molar-refractivity contribution in [2.45, 2.75) is 32.0 Å². The molecule has 0 radical (unpaired) electrons. The number of aromatic nitrogens is 2. The SMILES string of the molecule is C1CCNCC1.NC(=O)c1nc(-c2cccc(CNC(=O)Nc3ccc(Cl)c(C(F)(F)F)c3)c2)cnc1N. The van der Waals surface area contributed by atoms with Crippen molar-refractivity contribution in [1.29, 1.82) is 0 Å². The van der Waals surface area contributed by atoms with Gasteiger partial charge in [0.05, 0.1) is 22.5 Å². The number of nitrogen functional groups attached to an aromatic ring is 1. The van der Waals surface area contributed by atoms with Crippen molar-refractivity contribution in [2.75, 3.05) is 24.1 Å². The molecule has 0 unspecified atom stereocenters. The number of rotatable bonds is 5. The lowest BCUT2D eigenvalue weighted by molar-refractivity contribution is -0.137. The van der Waals surface area contributed by atoms with E-state index in [9.17, 15) is 22.8 Å². The number of nitrogens with one attached hydrogen (secondary N) is 3. The molecule has 13 heteroatoms. The predicted octanol–water partition coefficient (Wildman–Crippen LogP) is 4.58. The van der Waals surface area contributed by atoms with Crippen LogP contribution < -0.4 is 27.4 Å². The molecule has 3 aromatic rings. The Morgan fingerprint density at radius 2 is 1.82 bits per heavy atom. The predicted molar refractivity (Wildman–Crippen MR) is 139 cm³/mol. The fourth-order valence-electron chi connectivity index (χ4n) is 3.54. The Hall–Kier alpha value is -3.90. The number of halogens is 4. The van der Waals surface area contributed by atoms with Gasteiger partial charge in [-0.25, -0.2) is 14.8 Å². The molecule has 0 saturated carbocycles. The summed E-state index contributed by atoms with van der Waals surface area (Å²) in [6.45, 7) is 2.56. The van der Waals surface area contributed by atoms with Gasteiger partial charge in [-0.15, -0.1) is 0 Å². The summed E-state index contributed by atoms with van der Waals surface area (Å²) in [7, 11) is 0. The molecule has 1 saturated heterocycles. The van der Waals surface area contributed by atoms with Crippen LogP contribution in [0.3, 0.4) is 0 Å². The van der Waals surface area contributed by atoms with E-state index in [-0.39, 0.29) is 23.7 Å². The van der Waals surface area contributed by atoms with Crippen LogP contribution in [0, 0.1) is 0 Å². The summed E-state index contributed by atoms with van der Waals surface area (Å²) in [5.41, 5.74) is 11.1. The maximum atomic E-state index is 12.9. The summed E-state index contributed by atoms with van der Waals surface area (Å²) in [6.07, 6.45) is 0.942. The summed E-state index contributed by atoms with van der Waals surface area (Å²) in [5.74, 6) is -0.908. The van der Waals surface area contributed by atoms with Gasteiger partial charge in [0.2, 0.25) is 0 Å². The molecule has 202 valence electrons. The first-order valence-corrected chi connectivity index (χ1v) is 12.1. The van der Waals surface area contributed by atoms with Crippen molar-refractivity contribution in [3.63, 3.8) is 0 Å². The quantitative estimate of drug-likeness (QED) is 0.315. The normalized spacial score (nSPS) is 13.2. The van der Waals surface area contributed by atoms with Crippen molar-refractivity contribution in [1.82, 2.24) is 20.6 Å². The monoisotopic (exact) mass is 549 g/mol. The molecule has 9 nitrogen and oxygen atoms in total. The van der Waals surface area contributed by atoms with E-state index in [1.807, 2.05) is 0 Å². The summed E-state index contributed by atoms with van der Waals surface area (Å²) >= 11 is 5.57. The number of carbonyl (C=O) groups excluding carboxylic acids is 2. The smallest absolute Gasteiger partial charge is 0.382 e. The summed E-state index contributed by atoms with van der Waals surface area (Å²) in [6, 6.07) is 9.16. The summed E-state index contributed by atoms with van der Waals surface area (Å²) in [5, 5.41) is 7.69. The summed E-state index contributed by atoms with van der Waals surface area (Å²) < 4.78 is 38.8. The van der Waals surface area contributed by atoms with Crippen LogP contribution in [0.15, 0.2) is 48.7 Å². The number of nitrogens with two attached hydrogens (primary N) is 2. The van der Waals surface area contributed by atoms with Crippen molar-refractivity contribution in [2.24, 2.45) is 5.73 Å². The minimum Gasteiger partial charge on any atom is -0.382 e. The minimum atomic E-state index is -4.65. The number of carbonyl (C=O) groups is 2. The van der Waals surface area contributed by atoms with E-state index in [1.54, 1.807) is 24.3 Å². The maximum Gasteiger partial charge on any atom is 0.417 e. The number of urea groups is 1. The Balaban J connectivity index is 0.000000585. The molecule has 1 aliphatic heterocycles. The molecule has 0 atom stereocenters. The lowest BCUT2D eigenvalue weighted by atomic mass is 10.1. The van der Waals surface area contributed by atoms with E-state index in [2.05, 4.69) is 25.9 Å². The first-order valence-electron chi connectivity index (χ1n) is 11.7. The number of alkyl halides is 3. The van der Waals surface area contributed by atoms with Crippen LogP contribution in [0.1, 0.15) is 40.9 Å². The zero-order valence-electron chi connectivity index (χ0n) is 20.2. The van der Waals surface area contributed by atoms with Gasteiger partial charge in [0.25, 0.3) is 5.91 Å². The van der Waals surface area contributed by atoms with Gasteiger partial charge < -0.3 is 27.4 Å². The van der Waals surface area contributed by atoms with Crippen molar-refractivity contribution >= 4 is 35.0 Å². The van der Waals surface area contributed by atoms with Crippen LogP contribution in [0.4, 0.5) is 29.5 Å². The summed E-state index contributed by atoms with van der Waals surface area (Å²) in [4.78, 5) is 31.5. The first kappa shape index (κ1) is 28.7. The molecule has 1 aliphatic rings. The molecule has 7 N–H and O–H groups in total. The highest BCUT2D eigenvalue weighted by molar-refractivity contribution is 6.31. The van der Waals surface area contributed by atoms with Gasteiger partial charge in [-0.05, 0) is 55.8 Å². The average molecular weight is 550 g/mol. The molecule has 38 heavy (non-hydrogen) atoms. The molecule has 2 aromatic carbocycles. The Labute approximate surface area is 222 Å². The molecule has 3 amide bonds. The van der Waals surface area contributed by atoms with Gasteiger partial charge in [0.1, 0.15) is 0 Å². The van der Waals surface area contributed by atoms with Crippen molar-refractivity contribution in [3.05, 3.63) is 70.5 Å². The molecular weight excluding hydrogens is 523 g/mol. The van der Waals surface area contributed by atoms with Gasteiger partial charge in [-0.1, -0.05) is 36.2 Å². The van der Waals surface area contributed by atoms with Crippen LogP contribution in [0.25, 0.3) is 11.3 Å². The molecular formula is C25H27ClF3N7O2. The minimum absolute atomic E-state index is 0.0600. The zero-order valence-corrected chi connectivity index (χ0v) is 21.0. The largest absolute Gasteiger partial charge is 0.417 e. The third-order valence-electron chi connectivity index (χ3n) is 5.45. The number of anilines is 2. The molecule has 1 aromatic heterocycles. The second-order valence-corrected chi connectivity index (χ2v) is 8.77. The topological polar surface area (TPSA) is 148 Å². The Bertz CT molecular complexity index is 1270. The fourth-order valence-corrected chi connectivity index (χ4v) is 3.76.